The molecular formula is C54H35N3O. The Hall–Kier alpha value is -7.82. The third kappa shape index (κ3) is 5.02. The molecule has 0 N–H and O–H groups in total. The molecule has 0 bridgehead atoms. The third-order valence-electron chi connectivity index (χ3n) is 11.7. The van der Waals surface area contributed by atoms with Crippen molar-refractivity contribution >= 4 is 82.6 Å². The van der Waals surface area contributed by atoms with E-state index in [1.54, 1.807) is 0 Å². The van der Waals surface area contributed by atoms with Gasteiger partial charge in [0, 0.05) is 66.8 Å². The molecule has 0 spiro atoms. The lowest BCUT2D eigenvalue weighted by molar-refractivity contribution is 0.669. The summed E-state index contributed by atoms with van der Waals surface area (Å²) in [6, 6.07) is 76.2. The summed E-state index contributed by atoms with van der Waals surface area (Å²) in [5.41, 5.74) is 14.3. The topological polar surface area (TPSA) is 26.2 Å². The largest absolute Gasteiger partial charge is 0.456 e. The summed E-state index contributed by atoms with van der Waals surface area (Å²) < 4.78 is 11.2. The Labute approximate surface area is 334 Å². The van der Waals surface area contributed by atoms with Crippen LogP contribution in [0.25, 0.3) is 88.1 Å². The lowest BCUT2D eigenvalue weighted by atomic mass is 10.0. The highest BCUT2D eigenvalue weighted by molar-refractivity contribution is 6.11. The molecule has 0 saturated carbocycles. The Bertz CT molecular complexity index is 3440. The van der Waals surface area contributed by atoms with E-state index in [0.29, 0.717) is 0 Å². The molecule has 4 nitrogen and oxygen atoms in total. The third-order valence-corrected chi connectivity index (χ3v) is 11.7. The summed E-state index contributed by atoms with van der Waals surface area (Å²) in [4.78, 5) is 2.34. The van der Waals surface area contributed by atoms with Gasteiger partial charge in [-0.1, -0.05) is 121 Å². The van der Waals surface area contributed by atoms with E-state index in [0.717, 1.165) is 61.5 Å². The molecule has 12 aromatic rings. The maximum atomic E-state index is 6.43. The SMILES string of the molecule is c1ccc(-n2c3ccccc3c3ccc(N(c4ccc(-c5ccc(-n6c7ccccc7c7ccccc76)cc5)cc4)c4ccc5c(c4)oc4ccccc45)cc32)cc1. The molecule has 3 heterocycles. The number of aromatic nitrogens is 2. The fourth-order valence-electron chi connectivity index (χ4n) is 9.06. The molecule has 0 amide bonds. The molecule has 0 atom stereocenters. The number of hydrogen-bond donors (Lipinski definition) is 0. The average molecular weight is 742 g/mol. The molecule has 4 heteroatoms. The van der Waals surface area contributed by atoms with Crippen molar-refractivity contribution in [3.63, 3.8) is 0 Å². The molecular weight excluding hydrogens is 707 g/mol. The predicted molar refractivity (Wildman–Crippen MR) is 243 cm³/mol. The summed E-state index contributed by atoms with van der Waals surface area (Å²) in [5, 5.41) is 7.22. The van der Waals surface area contributed by atoms with Crippen molar-refractivity contribution in [1.29, 1.82) is 0 Å². The van der Waals surface area contributed by atoms with E-state index in [1.165, 1.54) is 43.7 Å². The van der Waals surface area contributed by atoms with Gasteiger partial charge in [-0.15, -0.1) is 0 Å². The van der Waals surface area contributed by atoms with Crippen LogP contribution in [0.3, 0.4) is 0 Å². The molecule has 0 radical (unpaired) electrons. The van der Waals surface area contributed by atoms with Crippen molar-refractivity contribution in [1.82, 2.24) is 9.13 Å². The van der Waals surface area contributed by atoms with Gasteiger partial charge in [-0.25, -0.2) is 0 Å². The minimum Gasteiger partial charge on any atom is -0.456 e. The van der Waals surface area contributed by atoms with Crippen molar-refractivity contribution in [3.05, 3.63) is 212 Å². The van der Waals surface area contributed by atoms with Crippen LogP contribution in [-0.2, 0) is 0 Å². The van der Waals surface area contributed by atoms with Crippen LogP contribution in [0.4, 0.5) is 17.1 Å². The first-order valence-electron chi connectivity index (χ1n) is 19.8. The maximum absolute atomic E-state index is 6.43. The number of rotatable bonds is 6. The van der Waals surface area contributed by atoms with Gasteiger partial charge in [0.2, 0.25) is 0 Å². The second-order valence-corrected chi connectivity index (χ2v) is 15.0. The van der Waals surface area contributed by atoms with Gasteiger partial charge in [0.15, 0.2) is 0 Å². The van der Waals surface area contributed by atoms with Crippen LogP contribution in [-0.4, -0.2) is 9.13 Å². The van der Waals surface area contributed by atoms with E-state index in [2.05, 4.69) is 214 Å². The number of benzene rings is 9. The van der Waals surface area contributed by atoms with Crippen LogP contribution in [0, 0.1) is 0 Å². The van der Waals surface area contributed by atoms with Gasteiger partial charge < -0.3 is 18.5 Å². The number of hydrogen-bond acceptors (Lipinski definition) is 2. The summed E-state index contributed by atoms with van der Waals surface area (Å²) in [6.07, 6.45) is 0. The highest BCUT2D eigenvalue weighted by atomic mass is 16.3. The van der Waals surface area contributed by atoms with Gasteiger partial charge in [-0.05, 0) is 96.1 Å². The molecule has 0 aliphatic rings. The number of anilines is 3. The molecule has 58 heavy (non-hydrogen) atoms. The minimum absolute atomic E-state index is 0.864. The lowest BCUT2D eigenvalue weighted by Gasteiger charge is -2.26. The maximum Gasteiger partial charge on any atom is 0.137 e. The average Bonchev–Trinajstić information content (AvgIpc) is 3.94. The van der Waals surface area contributed by atoms with Gasteiger partial charge in [0.1, 0.15) is 11.2 Å². The van der Waals surface area contributed by atoms with Crippen LogP contribution in [0.1, 0.15) is 0 Å². The molecule has 0 saturated heterocycles. The molecule has 0 unspecified atom stereocenters. The zero-order valence-corrected chi connectivity index (χ0v) is 31.5. The zero-order valence-electron chi connectivity index (χ0n) is 31.5. The van der Waals surface area contributed by atoms with E-state index in [1.807, 2.05) is 12.1 Å². The van der Waals surface area contributed by atoms with Crippen molar-refractivity contribution in [2.24, 2.45) is 0 Å². The van der Waals surface area contributed by atoms with Gasteiger partial charge in [0.05, 0.1) is 22.1 Å². The summed E-state index contributed by atoms with van der Waals surface area (Å²) in [7, 11) is 0. The van der Waals surface area contributed by atoms with Crippen LogP contribution < -0.4 is 4.90 Å². The van der Waals surface area contributed by atoms with Crippen molar-refractivity contribution in [3.8, 4) is 22.5 Å². The molecule has 272 valence electrons. The van der Waals surface area contributed by atoms with Gasteiger partial charge >= 0.3 is 0 Å². The van der Waals surface area contributed by atoms with E-state index in [-0.39, 0.29) is 0 Å². The van der Waals surface area contributed by atoms with Crippen LogP contribution in [0.5, 0.6) is 0 Å². The quantitative estimate of drug-likeness (QED) is 0.170. The molecule has 9 aromatic carbocycles. The Morgan fingerprint density at radius 3 is 1.36 bits per heavy atom. The fraction of sp³-hybridized carbons (Fsp3) is 0. The summed E-state index contributed by atoms with van der Waals surface area (Å²) >= 11 is 0. The van der Waals surface area contributed by atoms with Crippen LogP contribution in [0.2, 0.25) is 0 Å². The second kappa shape index (κ2) is 12.9. The summed E-state index contributed by atoms with van der Waals surface area (Å²) in [5.74, 6) is 0. The van der Waals surface area contributed by atoms with E-state index < -0.39 is 0 Å². The molecule has 0 fully saturated rings. The Balaban J connectivity index is 0.982. The first kappa shape index (κ1) is 32.4. The highest BCUT2D eigenvalue weighted by Crippen LogP contribution is 2.42. The van der Waals surface area contributed by atoms with Crippen molar-refractivity contribution < 1.29 is 4.42 Å². The predicted octanol–water partition coefficient (Wildman–Crippen LogP) is 14.9. The van der Waals surface area contributed by atoms with Gasteiger partial charge in [0.25, 0.3) is 0 Å². The van der Waals surface area contributed by atoms with Crippen LogP contribution in [0.15, 0.2) is 217 Å². The minimum atomic E-state index is 0.864. The Morgan fingerprint density at radius 2 is 0.724 bits per heavy atom. The zero-order chi connectivity index (χ0) is 38.2. The number of fused-ring (bicyclic) bond motifs is 9. The summed E-state index contributed by atoms with van der Waals surface area (Å²) in [6.45, 7) is 0. The molecule has 12 rings (SSSR count). The smallest absolute Gasteiger partial charge is 0.137 e. The second-order valence-electron chi connectivity index (χ2n) is 15.0. The fourth-order valence-corrected chi connectivity index (χ4v) is 9.06. The van der Waals surface area contributed by atoms with E-state index in [4.69, 9.17) is 4.42 Å². The standard InChI is InChI=1S/C54H35N3O/c1-2-12-38(13-3-1)57-51-20-10-6-16-45(51)46-32-30-41(34-52(46)57)55(42-31-33-48-47-17-7-11-21-53(47)58-54(48)35-42)39-26-22-36(23-27-39)37-24-28-40(29-25-37)56-49-18-8-4-14-43(49)44-15-5-9-19-50(44)56/h1-35H. The van der Waals surface area contributed by atoms with E-state index in [9.17, 15) is 0 Å². The lowest BCUT2D eigenvalue weighted by Crippen LogP contribution is -2.10. The Kier molecular flexibility index (Phi) is 7.20. The Morgan fingerprint density at radius 1 is 0.293 bits per heavy atom. The van der Waals surface area contributed by atoms with Gasteiger partial charge in [-0.2, -0.15) is 0 Å². The number of para-hydroxylation sites is 5. The number of furan rings is 1. The molecule has 3 aromatic heterocycles. The normalized spacial score (nSPS) is 11.8. The van der Waals surface area contributed by atoms with Crippen LogP contribution >= 0.6 is 0 Å². The van der Waals surface area contributed by atoms with E-state index >= 15 is 0 Å². The first-order chi connectivity index (χ1) is 28.8. The van der Waals surface area contributed by atoms with Crippen molar-refractivity contribution in [2.75, 3.05) is 4.90 Å². The monoisotopic (exact) mass is 741 g/mol. The van der Waals surface area contributed by atoms with Gasteiger partial charge in [-0.3, -0.25) is 0 Å². The molecule has 0 aliphatic heterocycles. The first-order valence-corrected chi connectivity index (χ1v) is 19.8. The van der Waals surface area contributed by atoms with Crippen molar-refractivity contribution in [2.45, 2.75) is 0 Å². The molecule has 0 aliphatic carbocycles. The number of nitrogens with zero attached hydrogens (tertiary/aromatic N) is 3. The highest BCUT2D eigenvalue weighted by Gasteiger charge is 2.19.